The summed E-state index contributed by atoms with van der Waals surface area (Å²) in [6.07, 6.45) is 8.96. The maximum absolute atomic E-state index is 14.6. The van der Waals surface area contributed by atoms with E-state index in [-0.39, 0.29) is 58.9 Å². The summed E-state index contributed by atoms with van der Waals surface area (Å²) in [6.45, 7) is 0.528. The van der Waals surface area contributed by atoms with Gasteiger partial charge in [0.1, 0.15) is 19.3 Å². The van der Waals surface area contributed by atoms with E-state index in [9.17, 15) is 24.0 Å². The van der Waals surface area contributed by atoms with Crippen molar-refractivity contribution < 1.29 is 33.4 Å². The highest BCUT2D eigenvalue weighted by atomic mass is 16.5. The van der Waals surface area contributed by atoms with Crippen molar-refractivity contribution >= 4 is 46.4 Å². The zero-order chi connectivity index (χ0) is 44.2. The van der Waals surface area contributed by atoms with Gasteiger partial charge in [0.15, 0.2) is 0 Å². The van der Waals surface area contributed by atoms with Gasteiger partial charge in [0.2, 0.25) is 5.91 Å². The van der Waals surface area contributed by atoms with Crippen LogP contribution in [-0.2, 0) is 41.0 Å². The van der Waals surface area contributed by atoms with Crippen LogP contribution >= 0.6 is 0 Å². The number of carbonyl (C=O) groups excluding carboxylic acids is 5. The Kier molecular flexibility index (Phi) is 12.1. The smallest absolute Gasteiger partial charge is 0.338 e. The first-order valence-electron chi connectivity index (χ1n) is 22.0. The van der Waals surface area contributed by atoms with Gasteiger partial charge in [-0.15, -0.1) is 0 Å². The van der Waals surface area contributed by atoms with Crippen LogP contribution in [-0.4, -0.2) is 51.8 Å². The Labute approximate surface area is 371 Å². The second kappa shape index (κ2) is 18.3. The summed E-state index contributed by atoms with van der Waals surface area (Å²) in [6, 6.07) is 33.9. The number of fused-ring (bicyclic) bond motifs is 1. The normalized spacial score (nSPS) is 20.0. The number of nitrogens with one attached hydrogen (secondary N) is 3. The van der Waals surface area contributed by atoms with Crippen LogP contribution in [0.1, 0.15) is 96.6 Å². The van der Waals surface area contributed by atoms with E-state index in [1.54, 1.807) is 23.0 Å². The SMILES string of the molecule is Cn1cnc2cc(C(=O)NCC34CC5CC(CC(C5)C3)C4)c(C(=O)N[C@@H](Cc3ccccc3)C(=O)Nc3cc(C(=O)OCc4ccccc4)cc(C(=O)OCc4ccccc4)c3)cc21. The van der Waals surface area contributed by atoms with E-state index in [1.807, 2.05) is 98.0 Å². The molecule has 0 saturated heterocycles. The van der Waals surface area contributed by atoms with Crippen LogP contribution < -0.4 is 16.0 Å². The Morgan fingerprint density at radius 1 is 0.672 bits per heavy atom. The first-order valence-corrected chi connectivity index (χ1v) is 22.0. The number of nitrogens with zero attached hydrogens (tertiary/aromatic N) is 2. The number of rotatable bonds is 15. The monoisotopic (exact) mass is 857 g/mol. The fourth-order valence-corrected chi connectivity index (χ4v) is 10.5. The molecule has 1 heterocycles. The van der Waals surface area contributed by atoms with Crippen molar-refractivity contribution in [2.24, 2.45) is 30.2 Å². The molecule has 6 aromatic rings. The first-order chi connectivity index (χ1) is 31.1. The van der Waals surface area contributed by atoms with E-state index in [2.05, 4.69) is 20.9 Å². The van der Waals surface area contributed by atoms with E-state index in [0.717, 1.165) is 53.7 Å². The molecule has 0 spiro atoms. The quantitative estimate of drug-likeness (QED) is 0.0873. The fraction of sp³-hybridized carbons (Fsp3) is 0.308. The van der Waals surface area contributed by atoms with Gasteiger partial charge in [0, 0.05) is 25.7 Å². The van der Waals surface area contributed by atoms with Crippen molar-refractivity contribution in [3.8, 4) is 0 Å². The molecule has 4 bridgehead atoms. The van der Waals surface area contributed by atoms with Crippen molar-refractivity contribution in [3.63, 3.8) is 0 Å². The Bertz CT molecular complexity index is 2590. The number of amides is 3. The fourth-order valence-electron chi connectivity index (χ4n) is 10.5. The van der Waals surface area contributed by atoms with Crippen LogP contribution in [0.5, 0.6) is 0 Å². The Hall–Kier alpha value is -7.08. The summed E-state index contributed by atoms with van der Waals surface area (Å²) < 4.78 is 13.0. The maximum atomic E-state index is 14.6. The number of esters is 2. The van der Waals surface area contributed by atoms with E-state index in [4.69, 9.17) is 9.47 Å². The van der Waals surface area contributed by atoms with Gasteiger partial charge in [-0.2, -0.15) is 0 Å². The van der Waals surface area contributed by atoms with Crippen LogP contribution in [0.4, 0.5) is 5.69 Å². The number of anilines is 1. The van der Waals surface area contributed by atoms with E-state index in [1.165, 1.54) is 37.5 Å². The van der Waals surface area contributed by atoms with Gasteiger partial charge < -0.3 is 30.0 Å². The van der Waals surface area contributed by atoms with Crippen LogP contribution in [0.2, 0.25) is 0 Å². The van der Waals surface area contributed by atoms with Gasteiger partial charge >= 0.3 is 11.9 Å². The molecule has 0 radical (unpaired) electrons. The zero-order valence-corrected chi connectivity index (χ0v) is 35.8. The Morgan fingerprint density at radius 2 is 1.19 bits per heavy atom. The van der Waals surface area contributed by atoms with E-state index in [0.29, 0.717) is 17.6 Å². The molecule has 5 aromatic carbocycles. The maximum Gasteiger partial charge on any atom is 0.338 e. The predicted molar refractivity (Wildman–Crippen MR) is 241 cm³/mol. The summed E-state index contributed by atoms with van der Waals surface area (Å²) in [5, 5.41) is 9.01. The van der Waals surface area contributed by atoms with Gasteiger partial charge in [-0.1, -0.05) is 91.0 Å². The largest absolute Gasteiger partial charge is 0.457 e. The van der Waals surface area contributed by atoms with E-state index < -0.39 is 29.8 Å². The molecule has 4 saturated carbocycles. The standard InChI is InChI=1S/C52H51N5O7/c1-57-32-54-44-24-42(47(58)53-31-52-26-36-17-37(27-52)19-38(18-36)28-52)43(25-46(44)57)48(59)56-45(20-33-11-5-2-6-12-33)49(60)55-41-22-39(50(61)63-29-34-13-7-3-8-14-34)21-40(23-41)51(62)64-30-35-15-9-4-10-16-35/h2-16,21-25,32,36-38,45H,17-20,26-31H2,1H3,(H,53,58)(H,55,60)(H,56,59)/t36?,37?,38?,45-,52?/m0/s1. The number of hydrogen-bond acceptors (Lipinski definition) is 8. The third-order valence-corrected chi connectivity index (χ3v) is 13.1. The highest BCUT2D eigenvalue weighted by molar-refractivity contribution is 6.11. The minimum Gasteiger partial charge on any atom is -0.457 e. The third kappa shape index (κ3) is 9.61. The van der Waals surface area contributed by atoms with Gasteiger partial charge in [-0.3, -0.25) is 14.4 Å². The molecule has 10 rings (SSSR count). The number of benzene rings is 5. The van der Waals surface area contributed by atoms with Gasteiger partial charge in [-0.25, -0.2) is 14.6 Å². The van der Waals surface area contributed by atoms with Gasteiger partial charge in [0.05, 0.1) is 39.6 Å². The van der Waals surface area contributed by atoms with Crippen molar-refractivity contribution in [1.82, 2.24) is 20.2 Å². The molecule has 326 valence electrons. The second-order valence-electron chi connectivity index (χ2n) is 18.0. The van der Waals surface area contributed by atoms with Crippen LogP contribution in [0.25, 0.3) is 11.0 Å². The summed E-state index contributed by atoms with van der Waals surface area (Å²) >= 11 is 0. The average molecular weight is 858 g/mol. The molecule has 64 heavy (non-hydrogen) atoms. The lowest BCUT2D eigenvalue weighted by Crippen LogP contribution is -2.51. The molecule has 0 unspecified atom stereocenters. The highest BCUT2D eigenvalue weighted by Gasteiger charge is 2.50. The molecular formula is C52H51N5O7. The predicted octanol–water partition coefficient (Wildman–Crippen LogP) is 8.21. The topological polar surface area (TPSA) is 158 Å². The Balaban J connectivity index is 0.981. The molecule has 1 aromatic heterocycles. The molecule has 12 heteroatoms. The Morgan fingerprint density at radius 3 is 1.73 bits per heavy atom. The molecular weight excluding hydrogens is 807 g/mol. The summed E-state index contributed by atoms with van der Waals surface area (Å²) in [5.41, 5.74) is 4.02. The number of imidazole rings is 1. The van der Waals surface area contributed by atoms with Crippen molar-refractivity contribution in [3.05, 3.63) is 167 Å². The van der Waals surface area contributed by atoms with E-state index >= 15 is 0 Å². The molecule has 3 N–H and O–H groups in total. The van der Waals surface area contributed by atoms with Crippen molar-refractivity contribution in [2.45, 2.75) is 64.2 Å². The third-order valence-electron chi connectivity index (χ3n) is 13.1. The first kappa shape index (κ1) is 42.2. The minimum atomic E-state index is -1.16. The lowest BCUT2D eigenvalue weighted by molar-refractivity contribution is -0.118. The molecule has 1 atom stereocenters. The number of aromatic nitrogens is 2. The molecule has 0 aliphatic heterocycles. The molecule has 4 aliphatic carbocycles. The van der Waals surface area contributed by atoms with Gasteiger partial charge in [-0.05, 0) is 109 Å². The summed E-state index contributed by atoms with van der Waals surface area (Å²) in [4.78, 5) is 74.7. The lowest BCUT2D eigenvalue weighted by atomic mass is 9.49. The number of carbonyl (C=O) groups is 5. The summed E-state index contributed by atoms with van der Waals surface area (Å²) in [7, 11) is 1.81. The lowest BCUT2D eigenvalue weighted by Gasteiger charge is -2.56. The zero-order valence-electron chi connectivity index (χ0n) is 35.8. The second-order valence-corrected chi connectivity index (χ2v) is 18.0. The van der Waals surface area contributed by atoms with Gasteiger partial charge in [0.25, 0.3) is 11.8 Å². The molecule has 4 fully saturated rings. The van der Waals surface area contributed by atoms with Crippen LogP contribution in [0.3, 0.4) is 0 Å². The van der Waals surface area contributed by atoms with Crippen LogP contribution in [0, 0.1) is 23.2 Å². The number of hydrogen-bond donors (Lipinski definition) is 3. The highest BCUT2D eigenvalue weighted by Crippen LogP contribution is 2.59. The average Bonchev–Trinajstić information content (AvgIpc) is 3.67. The summed E-state index contributed by atoms with van der Waals surface area (Å²) in [5.74, 6) is -0.877. The molecule has 4 aliphatic rings. The molecule has 3 amide bonds. The van der Waals surface area contributed by atoms with Crippen molar-refractivity contribution in [2.75, 3.05) is 11.9 Å². The molecule has 12 nitrogen and oxygen atoms in total. The number of aryl methyl sites for hydroxylation is 1. The van der Waals surface area contributed by atoms with Crippen molar-refractivity contribution in [1.29, 1.82) is 0 Å². The van der Waals surface area contributed by atoms with Crippen LogP contribution in [0.15, 0.2) is 128 Å². The minimum absolute atomic E-state index is 0.0118. The number of ether oxygens (including phenoxy) is 2.